The van der Waals surface area contributed by atoms with Gasteiger partial charge in [-0.15, -0.1) is 0 Å². The third kappa shape index (κ3) is 3.32. The van der Waals surface area contributed by atoms with E-state index in [1.165, 1.54) is 0 Å². The number of benzene rings is 1. The first-order chi connectivity index (χ1) is 7.62. The van der Waals surface area contributed by atoms with Crippen molar-refractivity contribution >= 4 is 0 Å². The van der Waals surface area contributed by atoms with Crippen LogP contribution in [0.3, 0.4) is 0 Å². The Kier molecular flexibility index (Phi) is 4.97. The molecule has 0 saturated carbocycles. The minimum Gasteiger partial charge on any atom is -0.362 e. The topological polar surface area (TPSA) is 29.5 Å². The predicted octanol–water partition coefficient (Wildman–Crippen LogP) is 3.30. The number of hydrogen-bond acceptors (Lipinski definition) is 2. The highest BCUT2D eigenvalue weighted by Crippen LogP contribution is 2.30. The molecule has 2 nitrogen and oxygen atoms in total. The minimum atomic E-state index is -1.13. The average Bonchev–Trinajstić information content (AvgIpc) is 2.30. The third-order valence-electron chi connectivity index (χ3n) is 2.93. The summed E-state index contributed by atoms with van der Waals surface area (Å²) < 4.78 is 5.54. The van der Waals surface area contributed by atoms with Crippen LogP contribution in [0.5, 0.6) is 0 Å². The van der Waals surface area contributed by atoms with Gasteiger partial charge in [0.1, 0.15) is 0 Å². The van der Waals surface area contributed by atoms with Crippen LogP contribution >= 0.6 is 0 Å². The second-order valence-electron chi connectivity index (χ2n) is 4.30. The maximum atomic E-state index is 10.6. The molecular weight excluding hydrogens is 200 g/mol. The fraction of sp³-hybridized carbons (Fsp3) is 0.571. The summed E-state index contributed by atoms with van der Waals surface area (Å²) in [5, 5.41) is 10.6. The molecule has 0 saturated heterocycles. The first-order valence-corrected chi connectivity index (χ1v) is 6.04. The van der Waals surface area contributed by atoms with Crippen LogP contribution in [0.15, 0.2) is 30.3 Å². The molecule has 0 fully saturated rings. The van der Waals surface area contributed by atoms with Gasteiger partial charge in [0.15, 0.2) is 5.79 Å². The second-order valence-corrected chi connectivity index (χ2v) is 4.30. The standard InChI is InChI=1S/C14H22O2/c1-4-12(3)11-14(15,16-5-2)13-9-7-6-8-10-13/h6-10,12,15H,4-5,11H2,1-3H3. The van der Waals surface area contributed by atoms with Gasteiger partial charge in [0.2, 0.25) is 0 Å². The largest absolute Gasteiger partial charge is 0.362 e. The first kappa shape index (κ1) is 13.2. The molecule has 2 atom stereocenters. The van der Waals surface area contributed by atoms with E-state index in [-0.39, 0.29) is 0 Å². The quantitative estimate of drug-likeness (QED) is 0.748. The number of ether oxygens (including phenoxy) is 1. The Hall–Kier alpha value is -0.860. The van der Waals surface area contributed by atoms with Gasteiger partial charge >= 0.3 is 0 Å². The lowest BCUT2D eigenvalue weighted by molar-refractivity contribution is -0.220. The Labute approximate surface area is 98.3 Å². The molecule has 1 rings (SSSR count). The van der Waals surface area contributed by atoms with Crippen LogP contribution in [0.25, 0.3) is 0 Å². The highest BCUT2D eigenvalue weighted by Gasteiger charge is 2.31. The molecule has 1 aromatic rings. The summed E-state index contributed by atoms with van der Waals surface area (Å²) in [4.78, 5) is 0. The number of hydrogen-bond donors (Lipinski definition) is 1. The van der Waals surface area contributed by atoms with E-state index in [4.69, 9.17) is 4.74 Å². The van der Waals surface area contributed by atoms with E-state index in [9.17, 15) is 5.11 Å². The Morgan fingerprint density at radius 2 is 1.88 bits per heavy atom. The molecule has 90 valence electrons. The number of aliphatic hydroxyl groups is 1. The van der Waals surface area contributed by atoms with Crippen LogP contribution < -0.4 is 0 Å². The van der Waals surface area contributed by atoms with E-state index in [0.717, 1.165) is 12.0 Å². The molecule has 0 aliphatic carbocycles. The first-order valence-electron chi connectivity index (χ1n) is 6.04. The van der Waals surface area contributed by atoms with Gasteiger partial charge in [-0.3, -0.25) is 0 Å². The van der Waals surface area contributed by atoms with Crippen molar-refractivity contribution in [3.05, 3.63) is 35.9 Å². The van der Waals surface area contributed by atoms with Crippen LogP contribution in [0, 0.1) is 5.92 Å². The summed E-state index contributed by atoms with van der Waals surface area (Å²) in [6.07, 6.45) is 1.68. The van der Waals surface area contributed by atoms with Crippen LogP contribution in [-0.4, -0.2) is 11.7 Å². The van der Waals surface area contributed by atoms with E-state index >= 15 is 0 Å². The molecular formula is C14H22O2. The minimum absolute atomic E-state index is 0.441. The van der Waals surface area contributed by atoms with Gasteiger partial charge in [-0.25, -0.2) is 0 Å². The van der Waals surface area contributed by atoms with Gasteiger partial charge in [-0.05, 0) is 12.8 Å². The summed E-state index contributed by atoms with van der Waals surface area (Å²) >= 11 is 0. The molecule has 0 amide bonds. The van der Waals surface area contributed by atoms with Crippen molar-refractivity contribution in [1.29, 1.82) is 0 Å². The van der Waals surface area contributed by atoms with E-state index in [2.05, 4.69) is 13.8 Å². The molecule has 2 heteroatoms. The zero-order chi connectivity index (χ0) is 12.0. The summed E-state index contributed by atoms with van der Waals surface area (Å²) in [7, 11) is 0. The Morgan fingerprint density at radius 3 is 2.38 bits per heavy atom. The van der Waals surface area contributed by atoms with Gasteiger partial charge in [0.25, 0.3) is 0 Å². The lowest BCUT2D eigenvalue weighted by atomic mass is 9.93. The summed E-state index contributed by atoms with van der Waals surface area (Å²) in [6.45, 7) is 6.68. The van der Waals surface area contributed by atoms with Crippen molar-refractivity contribution in [2.75, 3.05) is 6.61 Å². The molecule has 2 unspecified atom stereocenters. The predicted molar refractivity (Wildman–Crippen MR) is 66.0 cm³/mol. The summed E-state index contributed by atoms with van der Waals surface area (Å²) in [5.41, 5.74) is 0.845. The lowest BCUT2D eigenvalue weighted by Gasteiger charge is -2.30. The van der Waals surface area contributed by atoms with Crippen molar-refractivity contribution in [1.82, 2.24) is 0 Å². The lowest BCUT2D eigenvalue weighted by Crippen LogP contribution is -2.31. The molecule has 0 aliphatic rings. The van der Waals surface area contributed by atoms with Crippen molar-refractivity contribution in [3.63, 3.8) is 0 Å². The van der Waals surface area contributed by atoms with Crippen molar-refractivity contribution in [2.45, 2.75) is 39.4 Å². The molecule has 16 heavy (non-hydrogen) atoms. The zero-order valence-electron chi connectivity index (χ0n) is 10.4. The third-order valence-corrected chi connectivity index (χ3v) is 2.93. The maximum absolute atomic E-state index is 10.6. The monoisotopic (exact) mass is 222 g/mol. The van der Waals surface area contributed by atoms with Crippen molar-refractivity contribution in [3.8, 4) is 0 Å². The molecule has 0 radical (unpaired) electrons. The Morgan fingerprint density at radius 1 is 1.25 bits per heavy atom. The molecule has 0 aliphatic heterocycles. The fourth-order valence-corrected chi connectivity index (χ4v) is 1.81. The zero-order valence-corrected chi connectivity index (χ0v) is 10.4. The van der Waals surface area contributed by atoms with E-state index in [1.807, 2.05) is 37.3 Å². The SMILES string of the molecule is CCOC(O)(CC(C)CC)c1ccccc1. The van der Waals surface area contributed by atoms with Gasteiger partial charge in [-0.2, -0.15) is 0 Å². The highest BCUT2D eigenvalue weighted by atomic mass is 16.6. The summed E-state index contributed by atoms with van der Waals surface area (Å²) in [6, 6.07) is 9.63. The molecule has 0 bridgehead atoms. The van der Waals surface area contributed by atoms with Gasteiger partial charge in [-0.1, -0.05) is 50.6 Å². The van der Waals surface area contributed by atoms with Crippen LogP contribution in [-0.2, 0) is 10.5 Å². The Balaban J connectivity index is 2.88. The van der Waals surface area contributed by atoms with E-state index in [1.54, 1.807) is 0 Å². The molecule has 0 aromatic heterocycles. The molecule has 0 spiro atoms. The van der Waals surface area contributed by atoms with Crippen LogP contribution in [0.2, 0.25) is 0 Å². The van der Waals surface area contributed by atoms with Crippen molar-refractivity contribution in [2.24, 2.45) is 5.92 Å². The van der Waals surface area contributed by atoms with Crippen molar-refractivity contribution < 1.29 is 9.84 Å². The van der Waals surface area contributed by atoms with Crippen LogP contribution in [0.4, 0.5) is 0 Å². The summed E-state index contributed by atoms with van der Waals surface area (Å²) in [5.74, 6) is -0.692. The van der Waals surface area contributed by atoms with Gasteiger partial charge in [0, 0.05) is 18.6 Å². The Bertz CT molecular complexity index is 297. The molecule has 0 heterocycles. The van der Waals surface area contributed by atoms with Gasteiger partial charge < -0.3 is 9.84 Å². The van der Waals surface area contributed by atoms with Crippen LogP contribution in [0.1, 0.15) is 39.2 Å². The second kappa shape index (κ2) is 6.02. The van der Waals surface area contributed by atoms with E-state index in [0.29, 0.717) is 18.9 Å². The fourth-order valence-electron chi connectivity index (χ4n) is 1.81. The smallest absolute Gasteiger partial charge is 0.192 e. The molecule has 1 N–H and O–H groups in total. The average molecular weight is 222 g/mol. The number of rotatable bonds is 6. The van der Waals surface area contributed by atoms with Gasteiger partial charge in [0.05, 0.1) is 0 Å². The highest BCUT2D eigenvalue weighted by molar-refractivity contribution is 5.20. The molecule has 1 aromatic carbocycles. The van der Waals surface area contributed by atoms with E-state index < -0.39 is 5.79 Å². The normalized spacial score (nSPS) is 16.8. The maximum Gasteiger partial charge on any atom is 0.192 e.